The van der Waals surface area contributed by atoms with E-state index in [9.17, 15) is 0 Å². The lowest BCUT2D eigenvalue weighted by Gasteiger charge is -2.13. The zero-order chi connectivity index (χ0) is 34.2. The van der Waals surface area contributed by atoms with Crippen LogP contribution in [0, 0.1) is 6.92 Å². The van der Waals surface area contributed by atoms with Crippen LogP contribution in [0.2, 0.25) is 0 Å². The van der Waals surface area contributed by atoms with Crippen LogP contribution in [-0.4, -0.2) is 12.3 Å². The standard InChI is InChI=1S/C47H36N2S/c1-4-12-31(5-2)29-49-46-41-19-8-9-20-44(41)50-47(46)45(48)36-16-11-15-34(27-36)32-13-10-14-33(26-32)35-22-24-40-39-23-21-30(3)25-42(39)37-17-6-7-18-38(37)43(40)28-35/h4-28H,1-2,29,48H2,3H3/b31-12+,47-45+,49-46?. The van der Waals surface area contributed by atoms with Crippen molar-refractivity contribution in [2.75, 3.05) is 6.54 Å². The molecule has 0 saturated carbocycles. The van der Waals surface area contributed by atoms with Crippen molar-refractivity contribution in [1.82, 2.24) is 0 Å². The Labute approximate surface area is 297 Å². The van der Waals surface area contributed by atoms with Gasteiger partial charge in [0.25, 0.3) is 0 Å². The molecule has 1 heterocycles. The van der Waals surface area contributed by atoms with Crippen molar-refractivity contribution in [2.24, 2.45) is 10.7 Å². The maximum absolute atomic E-state index is 7.01. The van der Waals surface area contributed by atoms with E-state index in [4.69, 9.17) is 10.7 Å². The van der Waals surface area contributed by atoms with E-state index in [1.54, 1.807) is 17.8 Å². The van der Waals surface area contributed by atoms with E-state index in [0.29, 0.717) is 6.54 Å². The quantitative estimate of drug-likeness (QED) is 0.136. The SMILES string of the molecule is C=C/C=C(\C=C)CN=C1/C(=C(\N)c2cccc(-c3cccc(-c4ccc5c6ccc(C)cc6c6ccccc6c5c4)c3)c2)Sc2ccccc21. The molecule has 1 aliphatic rings. The predicted molar refractivity (Wildman–Crippen MR) is 218 cm³/mol. The number of nitrogens with zero attached hydrogens (tertiary/aromatic N) is 1. The Morgan fingerprint density at radius 3 is 2.00 bits per heavy atom. The Hall–Kier alpha value is -5.90. The summed E-state index contributed by atoms with van der Waals surface area (Å²) < 4.78 is 0. The van der Waals surface area contributed by atoms with Gasteiger partial charge in [0.05, 0.1) is 22.9 Å². The minimum atomic E-state index is 0.504. The van der Waals surface area contributed by atoms with Gasteiger partial charge in [-0.2, -0.15) is 0 Å². The first-order valence-corrected chi connectivity index (χ1v) is 17.7. The summed E-state index contributed by atoms with van der Waals surface area (Å²) in [6.07, 6.45) is 5.54. The summed E-state index contributed by atoms with van der Waals surface area (Å²) in [5, 5.41) is 7.72. The maximum Gasteiger partial charge on any atom is 0.0822 e. The summed E-state index contributed by atoms with van der Waals surface area (Å²) in [5.74, 6) is 0. The minimum absolute atomic E-state index is 0.504. The van der Waals surface area contributed by atoms with E-state index in [2.05, 4.69) is 154 Å². The third kappa shape index (κ3) is 5.66. The number of thioether (sulfide) groups is 1. The van der Waals surface area contributed by atoms with Crippen LogP contribution in [0.5, 0.6) is 0 Å². The third-order valence-electron chi connectivity index (χ3n) is 9.52. The smallest absolute Gasteiger partial charge is 0.0822 e. The average Bonchev–Trinajstić information content (AvgIpc) is 3.54. The third-order valence-corrected chi connectivity index (χ3v) is 10.7. The normalized spacial score (nSPS) is 14.7. The molecule has 8 rings (SSSR count). The molecule has 7 aromatic rings. The molecule has 7 aromatic carbocycles. The monoisotopic (exact) mass is 660 g/mol. The van der Waals surface area contributed by atoms with Gasteiger partial charge in [-0.3, -0.25) is 4.99 Å². The molecule has 2 nitrogen and oxygen atoms in total. The molecular weight excluding hydrogens is 625 g/mol. The van der Waals surface area contributed by atoms with Crippen LogP contribution in [0.25, 0.3) is 60.3 Å². The first kappa shape index (κ1) is 31.4. The lowest BCUT2D eigenvalue weighted by molar-refractivity contribution is 1.18. The van der Waals surface area contributed by atoms with Crippen LogP contribution in [-0.2, 0) is 0 Å². The fraction of sp³-hybridized carbons (Fsp3) is 0.0426. The number of nitrogens with two attached hydrogens (primary N) is 1. The summed E-state index contributed by atoms with van der Waals surface area (Å²) in [6, 6.07) is 48.1. The van der Waals surface area contributed by atoms with Gasteiger partial charge < -0.3 is 5.73 Å². The molecule has 2 N–H and O–H groups in total. The van der Waals surface area contributed by atoms with Gasteiger partial charge in [0.15, 0.2) is 0 Å². The van der Waals surface area contributed by atoms with Gasteiger partial charge in [-0.25, -0.2) is 0 Å². The zero-order valence-electron chi connectivity index (χ0n) is 28.0. The molecular formula is C47H36N2S. The molecule has 0 aliphatic carbocycles. The van der Waals surface area contributed by atoms with E-state index in [-0.39, 0.29) is 0 Å². The molecule has 1 aliphatic heterocycles. The van der Waals surface area contributed by atoms with Crippen LogP contribution in [0.15, 0.2) is 185 Å². The van der Waals surface area contributed by atoms with Gasteiger partial charge >= 0.3 is 0 Å². The van der Waals surface area contributed by atoms with Gasteiger partial charge in [0.2, 0.25) is 0 Å². The summed E-state index contributed by atoms with van der Waals surface area (Å²) in [7, 11) is 0. The second-order valence-electron chi connectivity index (χ2n) is 12.7. The Balaban J connectivity index is 1.18. The second-order valence-corrected chi connectivity index (χ2v) is 13.8. The lowest BCUT2D eigenvalue weighted by Crippen LogP contribution is -2.07. The highest BCUT2D eigenvalue weighted by atomic mass is 32.2. The van der Waals surface area contributed by atoms with Crippen LogP contribution < -0.4 is 5.73 Å². The van der Waals surface area contributed by atoms with Gasteiger partial charge in [-0.1, -0.05) is 158 Å². The topological polar surface area (TPSA) is 38.4 Å². The molecule has 0 saturated heterocycles. The number of aryl methyl sites for hydroxylation is 1. The van der Waals surface area contributed by atoms with Crippen LogP contribution >= 0.6 is 11.8 Å². The number of rotatable bonds is 7. The number of allylic oxidation sites excluding steroid dienone is 3. The summed E-state index contributed by atoms with van der Waals surface area (Å²) in [6.45, 7) is 10.4. The van der Waals surface area contributed by atoms with E-state index in [0.717, 1.165) is 49.0 Å². The van der Waals surface area contributed by atoms with Crippen molar-refractivity contribution < 1.29 is 0 Å². The Morgan fingerprint density at radius 1 is 0.640 bits per heavy atom. The molecule has 3 heteroatoms. The van der Waals surface area contributed by atoms with Crippen molar-refractivity contribution in [3.8, 4) is 22.3 Å². The number of hydrogen-bond donors (Lipinski definition) is 1. The number of hydrogen-bond acceptors (Lipinski definition) is 3. The highest BCUT2D eigenvalue weighted by Gasteiger charge is 2.26. The molecule has 0 spiro atoms. The van der Waals surface area contributed by atoms with Crippen molar-refractivity contribution in [3.63, 3.8) is 0 Å². The Kier molecular flexibility index (Phi) is 8.28. The fourth-order valence-corrected chi connectivity index (χ4v) is 8.14. The van der Waals surface area contributed by atoms with E-state index < -0.39 is 0 Å². The maximum atomic E-state index is 7.01. The predicted octanol–water partition coefficient (Wildman–Crippen LogP) is 12.3. The highest BCUT2D eigenvalue weighted by Crippen LogP contribution is 2.43. The van der Waals surface area contributed by atoms with E-state index in [1.807, 2.05) is 12.2 Å². The first-order chi connectivity index (χ1) is 24.5. The van der Waals surface area contributed by atoms with Gasteiger partial charge in [0, 0.05) is 10.5 Å². The number of aliphatic imine (C=N–C) groups is 1. The van der Waals surface area contributed by atoms with Crippen LogP contribution in [0.1, 0.15) is 16.7 Å². The number of benzene rings is 7. The van der Waals surface area contributed by atoms with E-state index in [1.165, 1.54) is 49.0 Å². The molecule has 0 radical (unpaired) electrons. The summed E-state index contributed by atoms with van der Waals surface area (Å²) in [5.41, 5.74) is 17.6. The summed E-state index contributed by atoms with van der Waals surface area (Å²) in [4.78, 5) is 7.18. The molecule has 0 unspecified atom stereocenters. The highest BCUT2D eigenvalue weighted by molar-refractivity contribution is 8.05. The fourth-order valence-electron chi connectivity index (χ4n) is 7.00. The molecule has 0 aromatic heterocycles. The Morgan fingerprint density at radius 2 is 1.26 bits per heavy atom. The molecule has 240 valence electrons. The summed E-state index contributed by atoms with van der Waals surface area (Å²) >= 11 is 1.68. The van der Waals surface area contributed by atoms with Gasteiger partial charge in [-0.15, -0.1) is 0 Å². The molecule has 0 bridgehead atoms. The van der Waals surface area contributed by atoms with Gasteiger partial charge in [0.1, 0.15) is 0 Å². The molecule has 0 fully saturated rings. The second kappa shape index (κ2) is 13.2. The van der Waals surface area contributed by atoms with Crippen LogP contribution in [0.3, 0.4) is 0 Å². The minimum Gasteiger partial charge on any atom is -0.397 e. The van der Waals surface area contributed by atoms with Crippen molar-refractivity contribution in [2.45, 2.75) is 11.8 Å². The van der Waals surface area contributed by atoms with Crippen molar-refractivity contribution in [3.05, 3.63) is 192 Å². The molecule has 0 amide bonds. The van der Waals surface area contributed by atoms with Crippen molar-refractivity contribution in [1.29, 1.82) is 0 Å². The van der Waals surface area contributed by atoms with Crippen molar-refractivity contribution >= 4 is 55.5 Å². The van der Waals surface area contributed by atoms with E-state index >= 15 is 0 Å². The lowest BCUT2D eigenvalue weighted by atomic mass is 9.91. The molecule has 0 atom stereocenters. The number of fused-ring (bicyclic) bond motifs is 7. The first-order valence-electron chi connectivity index (χ1n) is 16.8. The zero-order valence-corrected chi connectivity index (χ0v) is 28.8. The van der Waals surface area contributed by atoms with Gasteiger partial charge in [-0.05, 0) is 96.9 Å². The van der Waals surface area contributed by atoms with Crippen LogP contribution in [0.4, 0.5) is 0 Å². The largest absolute Gasteiger partial charge is 0.397 e. The average molecular weight is 661 g/mol. The Bertz CT molecular complexity index is 2580. The molecule has 50 heavy (non-hydrogen) atoms.